The molecule has 0 saturated heterocycles. The number of hydrogen-bond donors (Lipinski definition) is 2. The van der Waals surface area contributed by atoms with Gasteiger partial charge in [0, 0.05) is 11.8 Å². The number of hydrogen-bond acceptors (Lipinski definition) is 4. The summed E-state index contributed by atoms with van der Waals surface area (Å²) in [5.74, 6) is -0.0190. The van der Waals surface area contributed by atoms with Gasteiger partial charge in [0.25, 0.3) is 5.91 Å². The summed E-state index contributed by atoms with van der Waals surface area (Å²) in [6, 6.07) is 22.6. The van der Waals surface area contributed by atoms with E-state index in [2.05, 4.69) is 10.6 Å². The minimum Gasteiger partial charge on any atom is -0.497 e. The summed E-state index contributed by atoms with van der Waals surface area (Å²) in [5.41, 5.74) is 2.48. The van der Waals surface area contributed by atoms with Gasteiger partial charge in [-0.15, -0.1) is 0 Å². The van der Waals surface area contributed by atoms with E-state index in [0.717, 1.165) is 11.3 Å². The van der Waals surface area contributed by atoms with Crippen molar-refractivity contribution in [3.05, 3.63) is 95.6 Å². The molecule has 0 aliphatic heterocycles. The Balaban J connectivity index is 1.70. The first-order valence-corrected chi connectivity index (χ1v) is 9.12. The molecule has 0 aliphatic rings. The Labute approximate surface area is 174 Å². The summed E-state index contributed by atoms with van der Waals surface area (Å²) in [4.78, 5) is 25.0. The third-order valence-corrected chi connectivity index (χ3v) is 4.22. The Hall–Kier alpha value is -4.37. The van der Waals surface area contributed by atoms with Crippen LogP contribution in [0.3, 0.4) is 0 Å². The van der Waals surface area contributed by atoms with Gasteiger partial charge in [-0.2, -0.15) is 5.26 Å². The summed E-state index contributed by atoms with van der Waals surface area (Å²) in [7, 11) is 1.59. The minimum absolute atomic E-state index is 0.311. The third kappa shape index (κ3) is 5.33. The molecule has 0 bridgehead atoms. The Bertz CT molecular complexity index is 1130. The molecule has 0 fully saturated rings. The third-order valence-electron chi connectivity index (χ3n) is 4.22. The molecular formula is C24H19N3O3. The zero-order chi connectivity index (χ0) is 21.3. The normalized spacial score (nSPS) is 10.3. The highest BCUT2D eigenvalue weighted by Gasteiger charge is 2.12. The van der Waals surface area contributed by atoms with Crippen LogP contribution in [0, 0.1) is 11.3 Å². The van der Waals surface area contributed by atoms with Crippen LogP contribution in [-0.4, -0.2) is 18.9 Å². The van der Waals surface area contributed by atoms with Gasteiger partial charge in [-0.25, -0.2) is 0 Å². The Morgan fingerprint density at radius 1 is 0.967 bits per heavy atom. The van der Waals surface area contributed by atoms with Crippen LogP contribution in [-0.2, 0) is 4.79 Å². The van der Waals surface area contributed by atoms with E-state index in [1.165, 1.54) is 6.08 Å². The second-order valence-corrected chi connectivity index (χ2v) is 6.29. The molecule has 6 heteroatoms. The number of nitriles is 1. The maximum absolute atomic E-state index is 12.7. The van der Waals surface area contributed by atoms with E-state index >= 15 is 0 Å². The molecular weight excluding hydrogens is 378 g/mol. The summed E-state index contributed by atoms with van der Waals surface area (Å²) in [6.07, 6.45) is 3.07. The van der Waals surface area contributed by atoms with E-state index in [4.69, 9.17) is 10.00 Å². The van der Waals surface area contributed by atoms with Gasteiger partial charge in [0.15, 0.2) is 0 Å². The zero-order valence-electron chi connectivity index (χ0n) is 16.3. The summed E-state index contributed by atoms with van der Waals surface area (Å²) in [5, 5.41) is 14.5. The van der Waals surface area contributed by atoms with Crippen LogP contribution >= 0.6 is 0 Å². The van der Waals surface area contributed by atoms with E-state index in [1.54, 1.807) is 73.8 Å². The molecule has 0 aromatic heterocycles. The van der Waals surface area contributed by atoms with E-state index in [-0.39, 0.29) is 11.8 Å². The van der Waals surface area contributed by atoms with Crippen molar-refractivity contribution in [2.45, 2.75) is 0 Å². The monoisotopic (exact) mass is 397 g/mol. The number of benzene rings is 3. The quantitative estimate of drug-likeness (QED) is 0.600. The number of nitrogens with zero attached hydrogens (tertiary/aromatic N) is 1. The molecule has 0 saturated carbocycles. The standard InChI is InChI=1S/C24H19N3O3/c1-30-20-12-9-17(10-13-20)11-14-23(28)27-22-8-3-2-7-21(22)24(29)26-19-6-4-5-18(15-19)16-25/h2-15H,1H3,(H,26,29)(H,27,28)/b14-11+. The van der Waals surface area contributed by atoms with E-state index in [1.807, 2.05) is 18.2 Å². The molecule has 0 aliphatic carbocycles. The average molecular weight is 397 g/mol. The van der Waals surface area contributed by atoms with Crippen LogP contribution < -0.4 is 15.4 Å². The number of para-hydroxylation sites is 1. The van der Waals surface area contributed by atoms with Gasteiger partial charge in [0.1, 0.15) is 5.75 Å². The molecule has 3 aromatic rings. The predicted molar refractivity (Wildman–Crippen MR) is 116 cm³/mol. The number of nitrogens with one attached hydrogen (secondary N) is 2. The zero-order valence-corrected chi connectivity index (χ0v) is 16.3. The number of amides is 2. The SMILES string of the molecule is COc1ccc(/C=C/C(=O)Nc2ccccc2C(=O)Nc2cccc(C#N)c2)cc1. The van der Waals surface area contributed by atoms with E-state index in [0.29, 0.717) is 22.5 Å². The van der Waals surface area contributed by atoms with Crippen molar-refractivity contribution >= 4 is 29.3 Å². The molecule has 0 heterocycles. The minimum atomic E-state index is -0.389. The number of carbonyl (C=O) groups is 2. The second kappa shape index (κ2) is 9.71. The molecule has 3 aromatic carbocycles. The van der Waals surface area contributed by atoms with Gasteiger partial charge in [0.2, 0.25) is 5.91 Å². The van der Waals surface area contributed by atoms with Crippen molar-refractivity contribution in [3.63, 3.8) is 0 Å². The smallest absolute Gasteiger partial charge is 0.257 e. The summed E-state index contributed by atoms with van der Waals surface area (Å²) in [6.45, 7) is 0. The highest BCUT2D eigenvalue weighted by Crippen LogP contribution is 2.18. The molecule has 2 amide bonds. The lowest BCUT2D eigenvalue weighted by Gasteiger charge is -2.10. The summed E-state index contributed by atoms with van der Waals surface area (Å²) < 4.78 is 5.11. The van der Waals surface area contributed by atoms with Crippen molar-refractivity contribution in [1.29, 1.82) is 5.26 Å². The van der Waals surface area contributed by atoms with Crippen molar-refractivity contribution in [1.82, 2.24) is 0 Å². The fraction of sp³-hybridized carbons (Fsp3) is 0.0417. The Kier molecular flexibility index (Phi) is 6.59. The number of rotatable bonds is 6. The van der Waals surface area contributed by atoms with Crippen LogP contribution in [0.1, 0.15) is 21.5 Å². The molecule has 0 spiro atoms. The van der Waals surface area contributed by atoms with E-state index < -0.39 is 0 Å². The number of anilines is 2. The molecule has 6 nitrogen and oxygen atoms in total. The highest BCUT2D eigenvalue weighted by molar-refractivity contribution is 6.11. The number of carbonyl (C=O) groups excluding carboxylic acids is 2. The first-order chi connectivity index (χ1) is 14.6. The van der Waals surface area contributed by atoms with Crippen molar-refractivity contribution < 1.29 is 14.3 Å². The van der Waals surface area contributed by atoms with Crippen LogP contribution in [0.2, 0.25) is 0 Å². The fourth-order valence-electron chi connectivity index (χ4n) is 2.72. The molecule has 0 radical (unpaired) electrons. The Morgan fingerprint density at radius 3 is 2.47 bits per heavy atom. The number of methoxy groups -OCH3 is 1. The van der Waals surface area contributed by atoms with Crippen molar-refractivity contribution in [2.24, 2.45) is 0 Å². The second-order valence-electron chi connectivity index (χ2n) is 6.29. The van der Waals surface area contributed by atoms with Crippen LogP contribution in [0.4, 0.5) is 11.4 Å². The van der Waals surface area contributed by atoms with Crippen LogP contribution in [0.15, 0.2) is 78.9 Å². The summed E-state index contributed by atoms with van der Waals surface area (Å²) >= 11 is 0. The predicted octanol–water partition coefficient (Wildman–Crippen LogP) is 4.47. The maximum atomic E-state index is 12.7. The van der Waals surface area contributed by atoms with Gasteiger partial charge in [0.05, 0.1) is 30.0 Å². The van der Waals surface area contributed by atoms with Gasteiger partial charge >= 0.3 is 0 Å². The van der Waals surface area contributed by atoms with Crippen molar-refractivity contribution in [3.8, 4) is 11.8 Å². The molecule has 30 heavy (non-hydrogen) atoms. The molecule has 148 valence electrons. The van der Waals surface area contributed by atoms with Crippen LogP contribution in [0.5, 0.6) is 5.75 Å². The van der Waals surface area contributed by atoms with Gasteiger partial charge in [-0.1, -0.05) is 30.3 Å². The number of ether oxygens (including phenoxy) is 1. The van der Waals surface area contributed by atoms with Gasteiger partial charge in [-0.05, 0) is 54.1 Å². The van der Waals surface area contributed by atoms with Crippen molar-refractivity contribution in [2.75, 3.05) is 17.7 Å². The first kappa shape index (κ1) is 20.4. The fourth-order valence-corrected chi connectivity index (χ4v) is 2.72. The molecule has 0 atom stereocenters. The topological polar surface area (TPSA) is 91.2 Å². The van der Waals surface area contributed by atoms with Crippen LogP contribution in [0.25, 0.3) is 6.08 Å². The molecule has 3 rings (SSSR count). The largest absolute Gasteiger partial charge is 0.497 e. The first-order valence-electron chi connectivity index (χ1n) is 9.12. The lowest BCUT2D eigenvalue weighted by molar-refractivity contribution is -0.111. The lowest BCUT2D eigenvalue weighted by atomic mass is 10.1. The lowest BCUT2D eigenvalue weighted by Crippen LogP contribution is -2.17. The van der Waals surface area contributed by atoms with E-state index in [9.17, 15) is 9.59 Å². The maximum Gasteiger partial charge on any atom is 0.257 e. The van der Waals surface area contributed by atoms with Gasteiger partial charge < -0.3 is 15.4 Å². The molecule has 0 unspecified atom stereocenters. The molecule has 2 N–H and O–H groups in total. The van der Waals surface area contributed by atoms with Gasteiger partial charge in [-0.3, -0.25) is 9.59 Å². The average Bonchev–Trinajstić information content (AvgIpc) is 2.78. The highest BCUT2D eigenvalue weighted by atomic mass is 16.5. The Morgan fingerprint density at radius 2 is 1.73 bits per heavy atom.